The van der Waals surface area contributed by atoms with Gasteiger partial charge in [-0.2, -0.15) is 84.9 Å². The van der Waals surface area contributed by atoms with E-state index in [2.05, 4.69) is 20.9 Å². The number of aliphatic hydroxyl groups is 1. The number of alkyl halides is 17. The average molecular weight is 1220 g/mol. The van der Waals surface area contributed by atoms with Gasteiger partial charge < -0.3 is 39.6 Å². The van der Waals surface area contributed by atoms with Gasteiger partial charge in [0.15, 0.2) is 0 Å². The van der Waals surface area contributed by atoms with Crippen LogP contribution in [-0.2, 0) is 19.9 Å². The Kier molecular flexibility index (Phi) is 21.5. The van der Waals surface area contributed by atoms with Gasteiger partial charge in [0.25, 0.3) is 5.91 Å². The molecule has 0 aliphatic heterocycles. The van der Waals surface area contributed by atoms with Crippen LogP contribution in [0.15, 0.2) is 138 Å². The molecule has 0 bridgehead atoms. The number of carbonyl (C=O) groups is 2. The number of amides is 2. The van der Waals surface area contributed by atoms with Crippen molar-refractivity contribution in [3.8, 4) is 11.5 Å². The van der Waals surface area contributed by atoms with Gasteiger partial charge >= 0.3 is 47.6 Å². The number of methoxy groups -OCH3 is 2. The summed E-state index contributed by atoms with van der Waals surface area (Å²) in [7, 11) is 6.56. The largest absolute Gasteiger partial charge is 0.497 e. The molecule has 460 valence electrons. The van der Waals surface area contributed by atoms with Crippen molar-refractivity contribution in [2.75, 3.05) is 66.1 Å². The van der Waals surface area contributed by atoms with Crippen molar-refractivity contribution in [2.45, 2.75) is 78.6 Å². The Morgan fingerprint density at radius 3 is 1.48 bits per heavy atom. The standard InChI is InChI=1S/C55H54F17N5O7/c1-77(2)41-21-19-40(20-22-41)76-75-39-17-11-34(12-18-39)45(79)74-31-35(27-28-47(56,57)49(58,59)50(60,61)51(62,63)52(64,65)53(66,67)54(68,69)55(70,71)72)46(80)73-29-8-30-83-32-42(78)33-84-48(36-9-6-5-7-10-36,37-13-23-43(81-3)24-14-37)38-15-25-44(82-4)26-16-38/h5-7,9-26,35,42,78H,8,27-33H2,1-4H3,(H,73,80)(H,74,79)/b76-75+. The average Bonchev–Trinajstić information content (AvgIpc) is 0.742. The van der Waals surface area contributed by atoms with Gasteiger partial charge in [-0.15, -0.1) is 0 Å². The Labute approximate surface area is 468 Å². The molecule has 3 N–H and O–H groups in total. The first-order valence-corrected chi connectivity index (χ1v) is 24.9. The molecule has 0 fully saturated rings. The number of hydrogen-bond acceptors (Lipinski definition) is 10. The highest BCUT2D eigenvalue weighted by Gasteiger charge is 2.95. The van der Waals surface area contributed by atoms with Crippen molar-refractivity contribution in [2.24, 2.45) is 16.1 Å². The molecule has 0 saturated heterocycles. The van der Waals surface area contributed by atoms with E-state index < -0.39 is 110 Å². The van der Waals surface area contributed by atoms with Crippen LogP contribution >= 0.6 is 0 Å². The Hall–Kier alpha value is -7.27. The minimum Gasteiger partial charge on any atom is -0.497 e. The number of nitrogens with zero attached hydrogens (tertiary/aromatic N) is 3. The second kappa shape index (κ2) is 26.8. The molecule has 84 heavy (non-hydrogen) atoms. The van der Waals surface area contributed by atoms with Gasteiger partial charge in [0.2, 0.25) is 5.91 Å². The number of nitrogens with one attached hydrogen (secondary N) is 2. The molecule has 0 aliphatic rings. The quantitative estimate of drug-likeness (QED) is 0.0179. The molecular formula is C55H54F17N5O7. The summed E-state index contributed by atoms with van der Waals surface area (Å²) in [5.41, 5.74) is 1.69. The lowest BCUT2D eigenvalue weighted by Gasteiger charge is -2.43. The van der Waals surface area contributed by atoms with Crippen molar-refractivity contribution < 1.29 is 108 Å². The van der Waals surface area contributed by atoms with Crippen molar-refractivity contribution in [1.29, 1.82) is 0 Å². The van der Waals surface area contributed by atoms with Crippen LogP contribution in [0.3, 0.4) is 0 Å². The van der Waals surface area contributed by atoms with Crippen LogP contribution in [0, 0.1) is 5.92 Å². The molecular weight excluding hydrogens is 1170 g/mol. The third kappa shape index (κ3) is 14.3. The van der Waals surface area contributed by atoms with Crippen LogP contribution in [0.1, 0.15) is 46.3 Å². The summed E-state index contributed by atoms with van der Waals surface area (Å²) >= 11 is 0. The summed E-state index contributed by atoms with van der Waals surface area (Å²) in [6.07, 6.45) is -14.2. The van der Waals surface area contributed by atoms with E-state index in [0.29, 0.717) is 33.9 Å². The highest BCUT2D eigenvalue weighted by Crippen LogP contribution is 2.64. The predicted octanol–water partition coefficient (Wildman–Crippen LogP) is 13.2. The normalized spacial score (nSPS) is 14.0. The van der Waals surface area contributed by atoms with E-state index in [0.717, 1.165) is 17.8 Å². The van der Waals surface area contributed by atoms with Gasteiger partial charge in [0, 0.05) is 51.5 Å². The molecule has 0 spiro atoms. The molecule has 2 atom stereocenters. The van der Waals surface area contributed by atoms with Gasteiger partial charge in [-0.25, -0.2) is 0 Å². The predicted molar refractivity (Wildman–Crippen MR) is 270 cm³/mol. The fourth-order valence-electron chi connectivity index (χ4n) is 8.06. The first-order chi connectivity index (χ1) is 39.1. The molecule has 29 heteroatoms. The highest BCUT2D eigenvalue weighted by atomic mass is 19.4. The molecule has 5 rings (SSSR count). The molecule has 0 aromatic heterocycles. The van der Waals surface area contributed by atoms with E-state index >= 15 is 8.78 Å². The smallest absolute Gasteiger partial charge is 0.460 e. The van der Waals surface area contributed by atoms with Crippen LogP contribution in [0.2, 0.25) is 0 Å². The minimum absolute atomic E-state index is 0.174. The van der Waals surface area contributed by atoms with Crippen LogP contribution in [0.25, 0.3) is 0 Å². The van der Waals surface area contributed by atoms with E-state index in [9.17, 15) is 80.6 Å². The van der Waals surface area contributed by atoms with E-state index in [4.69, 9.17) is 18.9 Å². The van der Waals surface area contributed by atoms with Gasteiger partial charge in [0.1, 0.15) is 23.2 Å². The van der Waals surface area contributed by atoms with Crippen LogP contribution < -0.4 is 25.0 Å². The summed E-state index contributed by atoms with van der Waals surface area (Å²) in [6.45, 7) is -2.77. The maximum absolute atomic E-state index is 15.2. The van der Waals surface area contributed by atoms with E-state index in [1.165, 1.54) is 26.4 Å². The van der Waals surface area contributed by atoms with Gasteiger partial charge in [-0.3, -0.25) is 9.59 Å². The van der Waals surface area contributed by atoms with E-state index in [-0.39, 0.29) is 30.9 Å². The first-order valence-electron chi connectivity index (χ1n) is 24.9. The second-order valence-electron chi connectivity index (χ2n) is 18.9. The Balaban J connectivity index is 1.29. The summed E-state index contributed by atoms with van der Waals surface area (Å²) in [5, 5.41) is 23.4. The Bertz CT molecular complexity index is 2910. The summed E-state index contributed by atoms with van der Waals surface area (Å²) < 4.78 is 262. The van der Waals surface area contributed by atoms with Crippen molar-refractivity contribution in [1.82, 2.24) is 10.6 Å². The maximum atomic E-state index is 15.2. The summed E-state index contributed by atoms with van der Waals surface area (Å²) in [5.74, 6) is -61.7. The second-order valence-corrected chi connectivity index (χ2v) is 18.9. The third-order valence-electron chi connectivity index (χ3n) is 13.0. The molecule has 12 nitrogen and oxygen atoms in total. The lowest BCUT2D eigenvalue weighted by atomic mass is 9.80. The number of carbonyl (C=O) groups excluding carboxylic acids is 2. The molecule has 2 amide bonds. The zero-order valence-corrected chi connectivity index (χ0v) is 44.6. The lowest BCUT2D eigenvalue weighted by molar-refractivity contribution is -0.461. The van der Waals surface area contributed by atoms with Crippen molar-refractivity contribution in [3.63, 3.8) is 0 Å². The fraction of sp³-hybridized carbons (Fsp3) is 0.418. The number of ether oxygens (including phenoxy) is 4. The molecule has 5 aromatic rings. The fourth-order valence-corrected chi connectivity index (χ4v) is 8.06. The van der Waals surface area contributed by atoms with Gasteiger partial charge in [-0.1, -0.05) is 54.6 Å². The molecule has 0 saturated carbocycles. The minimum atomic E-state index is -8.81. The maximum Gasteiger partial charge on any atom is 0.460 e. The summed E-state index contributed by atoms with van der Waals surface area (Å²) in [6, 6.07) is 34.3. The van der Waals surface area contributed by atoms with Crippen molar-refractivity contribution >= 4 is 28.9 Å². The SMILES string of the molecule is COc1ccc(C(OCC(O)COCCCNC(=O)C(CCC(F)(F)C(F)(F)C(F)(F)C(F)(F)C(F)(F)C(F)(F)C(F)(F)C(F)(F)F)CNC(=O)c2ccc(/N=N/c3ccc(N(C)C)cc3)cc2)(c2ccccc2)c2ccc(OC)cc2)cc1. The Morgan fingerprint density at radius 1 is 0.560 bits per heavy atom. The van der Waals surface area contributed by atoms with E-state index in [1.54, 1.807) is 117 Å². The molecule has 5 aromatic carbocycles. The number of rotatable bonds is 30. The molecule has 0 aliphatic carbocycles. The highest BCUT2D eigenvalue weighted by molar-refractivity contribution is 5.94. The zero-order chi connectivity index (χ0) is 62.7. The molecule has 0 heterocycles. The Morgan fingerprint density at radius 2 is 1.01 bits per heavy atom. The van der Waals surface area contributed by atoms with Gasteiger partial charge in [0.05, 0.1) is 44.7 Å². The number of hydrogen-bond donors (Lipinski definition) is 3. The van der Waals surface area contributed by atoms with Crippen LogP contribution in [-0.4, -0.2) is 132 Å². The molecule has 2 unspecified atom stereocenters. The lowest BCUT2D eigenvalue weighted by Crippen LogP contribution is -2.74. The number of benzene rings is 5. The van der Waals surface area contributed by atoms with Gasteiger partial charge in [-0.05, 0) is 102 Å². The topological polar surface area (TPSA) is 143 Å². The third-order valence-corrected chi connectivity index (χ3v) is 13.0. The number of halogens is 17. The number of anilines is 1. The van der Waals surface area contributed by atoms with Crippen LogP contribution in [0.4, 0.5) is 91.7 Å². The summed E-state index contributed by atoms with van der Waals surface area (Å²) in [4.78, 5) is 28.4. The number of azo groups is 1. The van der Waals surface area contributed by atoms with Crippen LogP contribution in [0.5, 0.6) is 11.5 Å². The van der Waals surface area contributed by atoms with E-state index in [1.807, 2.05) is 4.90 Å². The molecule has 0 radical (unpaired) electrons. The number of aliphatic hydroxyl groups excluding tert-OH is 1. The zero-order valence-electron chi connectivity index (χ0n) is 44.6. The van der Waals surface area contributed by atoms with Crippen molar-refractivity contribution in [3.05, 3.63) is 150 Å². The first kappa shape index (κ1) is 67.5. The monoisotopic (exact) mass is 1220 g/mol.